The van der Waals surface area contributed by atoms with E-state index in [9.17, 15) is 14.3 Å². The van der Waals surface area contributed by atoms with E-state index in [1.54, 1.807) is 0 Å². The predicted octanol–water partition coefficient (Wildman–Crippen LogP) is 1.74. The van der Waals surface area contributed by atoms with E-state index in [0.29, 0.717) is 6.42 Å². The van der Waals surface area contributed by atoms with Gasteiger partial charge in [0.05, 0.1) is 18.3 Å². The zero-order valence-corrected chi connectivity index (χ0v) is 11.4. The van der Waals surface area contributed by atoms with Gasteiger partial charge in [0.25, 0.3) is 5.91 Å². The summed E-state index contributed by atoms with van der Waals surface area (Å²) in [6.45, 7) is -0.183. The first kappa shape index (κ1) is 15.0. The van der Waals surface area contributed by atoms with Crippen LogP contribution in [0.1, 0.15) is 15.9 Å². The molecule has 0 aliphatic heterocycles. The number of hydrogen-bond donors (Lipinski definition) is 3. The van der Waals surface area contributed by atoms with Gasteiger partial charge in [-0.25, -0.2) is 4.39 Å². The van der Waals surface area contributed by atoms with Gasteiger partial charge in [-0.15, -0.1) is 0 Å². The number of nitrogens with two attached hydrogens (primary N) is 1. The fourth-order valence-corrected chi connectivity index (χ4v) is 2.01. The molecule has 0 aliphatic carbocycles. The number of nitrogen functional groups attached to an aromatic ring is 1. The fraction of sp³-hybridized carbons (Fsp3) is 0.188. The van der Waals surface area contributed by atoms with Crippen LogP contribution in [0.25, 0.3) is 0 Å². The molecule has 0 radical (unpaired) electrons. The number of benzene rings is 2. The third-order valence-corrected chi connectivity index (χ3v) is 3.14. The van der Waals surface area contributed by atoms with Gasteiger partial charge in [0.1, 0.15) is 5.82 Å². The van der Waals surface area contributed by atoms with E-state index in [1.165, 1.54) is 12.1 Å². The molecule has 1 amide bonds. The van der Waals surface area contributed by atoms with Crippen molar-refractivity contribution in [3.05, 3.63) is 65.5 Å². The van der Waals surface area contributed by atoms with Crippen LogP contribution in [0.2, 0.25) is 0 Å². The maximum Gasteiger partial charge on any atom is 0.251 e. The molecule has 1 atom stereocenters. The number of aliphatic hydroxyl groups is 1. The number of carbonyl (C=O) groups excluding carboxylic acids is 1. The average Bonchev–Trinajstić information content (AvgIpc) is 2.50. The Hall–Kier alpha value is -2.40. The van der Waals surface area contributed by atoms with Gasteiger partial charge in [0.15, 0.2) is 0 Å². The lowest BCUT2D eigenvalue weighted by Gasteiger charge is -2.16. The molecule has 5 heteroatoms. The normalized spacial score (nSPS) is 11.9. The van der Waals surface area contributed by atoms with Gasteiger partial charge in [-0.3, -0.25) is 4.79 Å². The SMILES string of the molecule is Nc1cc(C(=O)N[C@@H](CO)Cc2ccccc2)ccc1F. The molecule has 2 rings (SSSR count). The van der Waals surface area contributed by atoms with E-state index in [-0.39, 0.29) is 17.9 Å². The molecule has 2 aromatic carbocycles. The standard InChI is InChI=1S/C16H17FN2O2/c17-14-7-6-12(9-15(14)18)16(21)19-13(10-20)8-11-4-2-1-3-5-11/h1-7,9,13,20H,8,10,18H2,(H,19,21)/t13-/m1/s1. The van der Waals surface area contributed by atoms with Gasteiger partial charge in [-0.2, -0.15) is 0 Å². The highest BCUT2D eigenvalue weighted by atomic mass is 19.1. The predicted molar refractivity (Wildman–Crippen MR) is 79.3 cm³/mol. The Morgan fingerprint density at radius 1 is 1.24 bits per heavy atom. The van der Waals surface area contributed by atoms with Crippen LogP contribution in [0.4, 0.5) is 10.1 Å². The Morgan fingerprint density at radius 2 is 1.95 bits per heavy atom. The summed E-state index contributed by atoms with van der Waals surface area (Å²) in [4.78, 5) is 12.1. The summed E-state index contributed by atoms with van der Waals surface area (Å²) in [5.41, 5.74) is 6.64. The molecule has 0 spiro atoms. The van der Waals surface area contributed by atoms with Crippen LogP contribution in [0.5, 0.6) is 0 Å². The van der Waals surface area contributed by atoms with Crippen LogP contribution in [-0.2, 0) is 6.42 Å². The maximum absolute atomic E-state index is 13.1. The van der Waals surface area contributed by atoms with Crippen LogP contribution in [0, 0.1) is 5.82 Å². The number of rotatable bonds is 5. The molecule has 2 aromatic rings. The Morgan fingerprint density at radius 3 is 2.57 bits per heavy atom. The second-order valence-electron chi connectivity index (χ2n) is 4.78. The average molecular weight is 288 g/mol. The summed E-state index contributed by atoms with van der Waals surface area (Å²) in [5, 5.41) is 12.1. The van der Waals surface area contributed by atoms with Crippen LogP contribution in [-0.4, -0.2) is 23.7 Å². The van der Waals surface area contributed by atoms with Crippen molar-refractivity contribution in [1.29, 1.82) is 0 Å². The smallest absolute Gasteiger partial charge is 0.251 e. The monoisotopic (exact) mass is 288 g/mol. The van der Waals surface area contributed by atoms with Gasteiger partial charge < -0.3 is 16.2 Å². The molecule has 110 valence electrons. The van der Waals surface area contributed by atoms with Crippen LogP contribution in [0.15, 0.2) is 48.5 Å². The van der Waals surface area contributed by atoms with E-state index in [0.717, 1.165) is 11.6 Å². The van der Waals surface area contributed by atoms with Gasteiger partial charge in [-0.05, 0) is 30.2 Å². The van der Waals surface area contributed by atoms with Gasteiger partial charge in [0, 0.05) is 5.56 Å². The third kappa shape index (κ3) is 4.03. The van der Waals surface area contributed by atoms with Crippen molar-refractivity contribution in [2.45, 2.75) is 12.5 Å². The van der Waals surface area contributed by atoms with Crippen molar-refractivity contribution in [2.75, 3.05) is 12.3 Å². The van der Waals surface area contributed by atoms with Crippen LogP contribution in [0.3, 0.4) is 0 Å². The lowest BCUT2D eigenvalue weighted by atomic mass is 10.1. The summed E-state index contributed by atoms with van der Waals surface area (Å²) in [7, 11) is 0. The highest BCUT2D eigenvalue weighted by Crippen LogP contribution is 2.12. The van der Waals surface area contributed by atoms with Gasteiger partial charge in [0.2, 0.25) is 0 Å². The molecule has 0 heterocycles. The number of amides is 1. The van der Waals surface area contributed by atoms with Crippen LogP contribution >= 0.6 is 0 Å². The lowest BCUT2D eigenvalue weighted by molar-refractivity contribution is 0.0916. The number of aliphatic hydroxyl groups excluding tert-OH is 1. The van der Waals surface area contributed by atoms with Crippen molar-refractivity contribution in [3.8, 4) is 0 Å². The van der Waals surface area contributed by atoms with Crippen molar-refractivity contribution in [3.63, 3.8) is 0 Å². The largest absolute Gasteiger partial charge is 0.396 e. The molecule has 0 saturated carbocycles. The molecular formula is C16H17FN2O2. The second-order valence-corrected chi connectivity index (χ2v) is 4.78. The Labute approximate surface area is 122 Å². The Bertz CT molecular complexity index is 617. The molecule has 0 aromatic heterocycles. The summed E-state index contributed by atoms with van der Waals surface area (Å²) in [5.74, 6) is -0.953. The second kappa shape index (κ2) is 6.85. The van der Waals surface area contributed by atoms with Crippen molar-refractivity contribution >= 4 is 11.6 Å². The first-order valence-electron chi connectivity index (χ1n) is 6.61. The maximum atomic E-state index is 13.1. The van der Waals surface area contributed by atoms with Crippen LogP contribution < -0.4 is 11.1 Å². The number of hydrogen-bond acceptors (Lipinski definition) is 3. The first-order valence-corrected chi connectivity index (χ1v) is 6.61. The van der Waals surface area contributed by atoms with E-state index < -0.39 is 17.8 Å². The quantitative estimate of drug-likeness (QED) is 0.734. The van der Waals surface area contributed by atoms with E-state index in [1.807, 2.05) is 30.3 Å². The third-order valence-electron chi connectivity index (χ3n) is 3.14. The number of anilines is 1. The number of nitrogens with one attached hydrogen (secondary N) is 1. The Kier molecular flexibility index (Phi) is 4.90. The molecular weight excluding hydrogens is 271 g/mol. The van der Waals surface area contributed by atoms with E-state index in [4.69, 9.17) is 5.73 Å². The molecule has 21 heavy (non-hydrogen) atoms. The van der Waals surface area contributed by atoms with Gasteiger partial charge in [-0.1, -0.05) is 30.3 Å². The molecule has 0 fully saturated rings. The highest BCUT2D eigenvalue weighted by Gasteiger charge is 2.14. The number of halogens is 1. The molecule has 0 unspecified atom stereocenters. The fourth-order valence-electron chi connectivity index (χ4n) is 2.01. The number of carbonyl (C=O) groups is 1. The first-order chi connectivity index (χ1) is 10.1. The van der Waals surface area contributed by atoms with E-state index >= 15 is 0 Å². The summed E-state index contributed by atoms with van der Waals surface area (Å²) in [6, 6.07) is 12.9. The molecule has 0 saturated heterocycles. The Balaban J connectivity index is 2.04. The topological polar surface area (TPSA) is 75.4 Å². The van der Waals surface area contributed by atoms with Crippen molar-refractivity contribution in [1.82, 2.24) is 5.32 Å². The zero-order chi connectivity index (χ0) is 15.2. The molecule has 0 bridgehead atoms. The summed E-state index contributed by atoms with van der Waals surface area (Å²) < 4.78 is 13.1. The van der Waals surface area contributed by atoms with Crippen molar-refractivity contribution < 1.29 is 14.3 Å². The summed E-state index contributed by atoms with van der Waals surface area (Å²) >= 11 is 0. The minimum atomic E-state index is -0.561. The molecule has 4 nitrogen and oxygen atoms in total. The van der Waals surface area contributed by atoms with Crippen molar-refractivity contribution in [2.24, 2.45) is 0 Å². The highest BCUT2D eigenvalue weighted by molar-refractivity contribution is 5.95. The molecule has 4 N–H and O–H groups in total. The summed E-state index contributed by atoms with van der Waals surface area (Å²) in [6.07, 6.45) is 0.514. The minimum absolute atomic E-state index is 0.0775. The minimum Gasteiger partial charge on any atom is -0.396 e. The zero-order valence-electron chi connectivity index (χ0n) is 11.4. The molecule has 0 aliphatic rings. The van der Waals surface area contributed by atoms with Gasteiger partial charge >= 0.3 is 0 Å². The lowest BCUT2D eigenvalue weighted by Crippen LogP contribution is -2.39. The van der Waals surface area contributed by atoms with E-state index in [2.05, 4.69) is 5.32 Å².